The van der Waals surface area contributed by atoms with Gasteiger partial charge in [-0.2, -0.15) is 0 Å². The van der Waals surface area contributed by atoms with E-state index in [0.29, 0.717) is 30.7 Å². The first kappa shape index (κ1) is 24.9. The van der Waals surface area contributed by atoms with Crippen molar-refractivity contribution in [2.24, 2.45) is 5.41 Å². The molecule has 2 N–H and O–H groups in total. The number of thioether (sulfide) groups is 1. The minimum atomic E-state index is -0.764. The number of rotatable bonds is 9. The third-order valence-electron chi connectivity index (χ3n) is 6.09. The summed E-state index contributed by atoms with van der Waals surface area (Å²) in [5, 5.41) is 5.85. The van der Waals surface area contributed by atoms with E-state index in [1.54, 1.807) is 31.6 Å². The van der Waals surface area contributed by atoms with Crippen molar-refractivity contribution in [1.29, 1.82) is 0 Å². The first-order chi connectivity index (χ1) is 15.9. The molecule has 2 aromatic rings. The number of carbonyl (C=O) groups is 3. The Hall–Kier alpha value is -2.71. The summed E-state index contributed by atoms with van der Waals surface area (Å²) in [7, 11) is 1.68. The lowest BCUT2D eigenvalue weighted by atomic mass is 9.73. The van der Waals surface area contributed by atoms with E-state index in [4.69, 9.17) is 4.74 Å². The number of amides is 2. The molecule has 7 nitrogen and oxygen atoms in total. The molecular formula is C25H31N3O4S. The number of anilines is 1. The first-order valence-corrected chi connectivity index (χ1v) is 12.1. The standard InChI is InChI=1S/C25H31N3O4S/c1-18(29)33-17-25(12-10-21(32-2)11-13-25)24(31)28-22(15-19-7-4-3-5-8-19)23(30)27-20-9-6-14-26-16-20/h3-9,14,16,21-22H,10-13,15,17H2,1-2H3,(H,27,30)(H,28,31)/t21-,22-,25+/m0/s1. The minimum absolute atomic E-state index is 0.0220. The van der Waals surface area contributed by atoms with Gasteiger partial charge < -0.3 is 15.4 Å². The van der Waals surface area contributed by atoms with Crippen LogP contribution in [0.5, 0.6) is 0 Å². The molecule has 1 fully saturated rings. The van der Waals surface area contributed by atoms with Crippen LogP contribution >= 0.6 is 11.8 Å². The van der Waals surface area contributed by atoms with Crippen LogP contribution in [0, 0.1) is 5.41 Å². The van der Waals surface area contributed by atoms with Crippen molar-refractivity contribution in [1.82, 2.24) is 10.3 Å². The van der Waals surface area contributed by atoms with Gasteiger partial charge in [0.2, 0.25) is 11.8 Å². The lowest BCUT2D eigenvalue weighted by Crippen LogP contribution is -2.53. The van der Waals surface area contributed by atoms with Crippen molar-refractivity contribution < 1.29 is 19.1 Å². The van der Waals surface area contributed by atoms with Crippen molar-refractivity contribution in [2.75, 3.05) is 18.2 Å². The second-order valence-electron chi connectivity index (χ2n) is 8.44. The summed E-state index contributed by atoms with van der Waals surface area (Å²) in [6.45, 7) is 1.51. The molecule has 2 amide bonds. The maximum absolute atomic E-state index is 13.6. The van der Waals surface area contributed by atoms with Crippen molar-refractivity contribution >= 4 is 34.4 Å². The van der Waals surface area contributed by atoms with Crippen LogP contribution < -0.4 is 10.6 Å². The molecule has 0 bridgehead atoms. The number of ether oxygens (including phenoxy) is 1. The number of hydrogen-bond donors (Lipinski definition) is 2. The average Bonchev–Trinajstić information content (AvgIpc) is 2.83. The summed E-state index contributed by atoms with van der Waals surface area (Å²) in [5.74, 6) is -0.0967. The monoisotopic (exact) mass is 469 g/mol. The number of methoxy groups -OCH3 is 1. The fourth-order valence-electron chi connectivity index (χ4n) is 4.09. The molecule has 3 rings (SSSR count). The summed E-state index contributed by atoms with van der Waals surface area (Å²) in [6.07, 6.45) is 6.38. The van der Waals surface area contributed by atoms with Crippen LogP contribution in [-0.2, 0) is 25.5 Å². The van der Waals surface area contributed by atoms with Gasteiger partial charge in [0.1, 0.15) is 6.04 Å². The Morgan fingerprint density at radius 2 is 1.88 bits per heavy atom. The maximum atomic E-state index is 13.6. The van der Waals surface area contributed by atoms with Crippen LogP contribution in [0.15, 0.2) is 54.9 Å². The highest BCUT2D eigenvalue weighted by Crippen LogP contribution is 2.40. The zero-order valence-electron chi connectivity index (χ0n) is 19.1. The zero-order chi connectivity index (χ0) is 23.7. The van der Waals surface area contributed by atoms with Crippen LogP contribution in [0.4, 0.5) is 5.69 Å². The highest BCUT2D eigenvalue weighted by Gasteiger charge is 2.43. The molecule has 0 spiro atoms. The second-order valence-corrected chi connectivity index (χ2v) is 9.59. The van der Waals surface area contributed by atoms with Crippen LogP contribution in [0.3, 0.4) is 0 Å². The van der Waals surface area contributed by atoms with Crippen LogP contribution in [0.2, 0.25) is 0 Å². The number of nitrogens with zero attached hydrogens (tertiary/aromatic N) is 1. The van der Waals surface area contributed by atoms with E-state index in [1.165, 1.54) is 18.7 Å². The van der Waals surface area contributed by atoms with Gasteiger partial charge in [0, 0.05) is 32.4 Å². The van der Waals surface area contributed by atoms with E-state index in [2.05, 4.69) is 15.6 Å². The van der Waals surface area contributed by atoms with Crippen molar-refractivity contribution in [2.45, 2.75) is 51.2 Å². The fourth-order valence-corrected chi connectivity index (χ4v) is 4.99. The number of aromatic nitrogens is 1. The van der Waals surface area contributed by atoms with Gasteiger partial charge in [-0.05, 0) is 43.4 Å². The van der Waals surface area contributed by atoms with Crippen LogP contribution in [-0.4, -0.2) is 46.9 Å². The predicted octanol–water partition coefficient (Wildman–Crippen LogP) is 3.60. The number of nitrogens with one attached hydrogen (secondary N) is 2. The van der Waals surface area contributed by atoms with Gasteiger partial charge in [0.15, 0.2) is 5.12 Å². The number of benzene rings is 1. The topological polar surface area (TPSA) is 97.4 Å². The Bertz CT molecular complexity index is 931. The van der Waals surface area contributed by atoms with E-state index in [-0.39, 0.29) is 23.0 Å². The predicted molar refractivity (Wildman–Crippen MR) is 130 cm³/mol. The Balaban J connectivity index is 1.79. The Morgan fingerprint density at radius 3 is 2.48 bits per heavy atom. The normalized spacial score (nSPS) is 21.1. The van der Waals surface area contributed by atoms with Crippen molar-refractivity contribution in [3.63, 3.8) is 0 Å². The van der Waals surface area contributed by atoms with Gasteiger partial charge in [-0.3, -0.25) is 19.4 Å². The molecule has 0 saturated heterocycles. The zero-order valence-corrected chi connectivity index (χ0v) is 19.9. The summed E-state index contributed by atoms with van der Waals surface area (Å²) in [6, 6.07) is 12.3. The number of pyridine rings is 1. The molecule has 176 valence electrons. The SMILES string of the molecule is CO[C@H]1CC[C@@](CSC(C)=O)(C(=O)N[C@@H](Cc2ccccc2)C(=O)Nc2cccnc2)CC1. The summed E-state index contributed by atoms with van der Waals surface area (Å²) >= 11 is 1.17. The average molecular weight is 470 g/mol. The minimum Gasteiger partial charge on any atom is -0.381 e. The Morgan fingerprint density at radius 1 is 1.15 bits per heavy atom. The quantitative estimate of drug-likeness (QED) is 0.582. The largest absolute Gasteiger partial charge is 0.381 e. The molecule has 0 unspecified atom stereocenters. The molecule has 1 heterocycles. The van der Waals surface area contributed by atoms with Gasteiger partial charge in [-0.25, -0.2) is 0 Å². The van der Waals surface area contributed by atoms with Crippen LogP contribution in [0.1, 0.15) is 38.2 Å². The van der Waals surface area contributed by atoms with Crippen molar-refractivity contribution in [3.05, 3.63) is 60.4 Å². The van der Waals surface area contributed by atoms with E-state index in [1.807, 2.05) is 30.3 Å². The molecule has 1 aliphatic rings. The Labute approximate surface area is 199 Å². The van der Waals surface area contributed by atoms with E-state index < -0.39 is 11.5 Å². The number of carbonyl (C=O) groups excluding carboxylic acids is 3. The molecule has 1 aromatic heterocycles. The molecule has 0 aliphatic heterocycles. The highest BCUT2D eigenvalue weighted by molar-refractivity contribution is 8.13. The summed E-state index contributed by atoms with van der Waals surface area (Å²) in [5.41, 5.74) is 0.797. The Kier molecular flexibility index (Phi) is 9.03. The van der Waals surface area contributed by atoms with E-state index in [0.717, 1.165) is 18.4 Å². The van der Waals surface area contributed by atoms with Crippen molar-refractivity contribution in [3.8, 4) is 0 Å². The summed E-state index contributed by atoms with van der Waals surface area (Å²) < 4.78 is 5.48. The molecule has 1 aromatic carbocycles. The van der Waals surface area contributed by atoms with E-state index in [9.17, 15) is 14.4 Å². The smallest absolute Gasteiger partial charge is 0.247 e. The van der Waals surface area contributed by atoms with Gasteiger partial charge in [-0.1, -0.05) is 42.1 Å². The third kappa shape index (κ3) is 7.14. The second kappa shape index (κ2) is 12.0. The van der Waals surface area contributed by atoms with Gasteiger partial charge in [-0.15, -0.1) is 0 Å². The van der Waals surface area contributed by atoms with Crippen LogP contribution in [0.25, 0.3) is 0 Å². The maximum Gasteiger partial charge on any atom is 0.247 e. The fraction of sp³-hybridized carbons (Fsp3) is 0.440. The summed E-state index contributed by atoms with van der Waals surface area (Å²) in [4.78, 5) is 42.5. The molecular weight excluding hydrogens is 438 g/mol. The van der Waals surface area contributed by atoms with E-state index >= 15 is 0 Å². The molecule has 33 heavy (non-hydrogen) atoms. The van der Waals surface area contributed by atoms with Gasteiger partial charge in [0.25, 0.3) is 0 Å². The molecule has 8 heteroatoms. The lowest BCUT2D eigenvalue weighted by Gasteiger charge is -2.39. The third-order valence-corrected chi connectivity index (χ3v) is 7.19. The van der Waals surface area contributed by atoms with Gasteiger partial charge >= 0.3 is 0 Å². The molecule has 1 atom stereocenters. The van der Waals surface area contributed by atoms with Gasteiger partial charge in [0.05, 0.1) is 23.4 Å². The molecule has 1 saturated carbocycles. The molecule has 1 aliphatic carbocycles. The highest BCUT2D eigenvalue weighted by atomic mass is 32.2. The number of hydrogen-bond acceptors (Lipinski definition) is 6. The first-order valence-electron chi connectivity index (χ1n) is 11.1. The molecule has 0 radical (unpaired) electrons. The lowest BCUT2D eigenvalue weighted by molar-refractivity contribution is -0.136.